The number of likely N-dealkylation sites (N-methyl/N-ethyl adjacent to an activating group) is 1. The van der Waals surface area contributed by atoms with Gasteiger partial charge in [-0.25, -0.2) is 0 Å². The third-order valence-electron chi connectivity index (χ3n) is 2.63. The van der Waals surface area contributed by atoms with Crippen molar-refractivity contribution in [3.05, 3.63) is 29.3 Å². The second kappa shape index (κ2) is 6.51. The van der Waals surface area contributed by atoms with E-state index >= 15 is 0 Å². The van der Waals surface area contributed by atoms with Gasteiger partial charge in [0.1, 0.15) is 5.75 Å². The summed E-state index contributed by atoms with van der Waals surface area (Å²) in [6.07, 6.45) is 1.02. The molecule has 0 amide bonds. The maximum atomic E-state index is 5.36. The minimum Gasteiger partial charge on any atom is -0.496 e. The van der Waals surface area contributed by atoms with E-state index in [1.165, 1.54) is 11.1 Å². The molecule has 0 atom stereocenters. The number of ether oxygens (including phenoxy) is 1. The molecule has 1 N–H and O–H groups in total. The van der Waals surface area contributed by atoms with E-state index in [1.54, 1.807) is 7.11 Å². The molecule has 0 bridgehead atoms. The van der Waals surface area contributed by atoms with Gasteiger partial charge in [0, 0.05) is 13.2 Å². The topological polar surface area (TPSA) is 24.5 Å². The van der Waals surface area contributed by atoms with E-state index < -0.39 is 0 Å². The molecule has 0 unspecified atom stereocenters. The molecule has 1 aromatic rings. The van der Waals surface area contributed by atoms with Crippen molar-refractivity contribution in [2.24, 2.45) is 0 Å². The van der Waals surface area contributed by atoms with Crippen LogP contribution in [0.3, 0.4) is 0 Å². The molecule has 0 radical (unpaired) electrons. The number of rotatable bonds is 6. The smallest absolute Gasteiger partial charge is 0.122 e. The Morgan fingerprint density at radius 3 is 2.75 bits per heavy atom. The van der Waals surface area contributed by atoms with E-state index in [4.69, 9.17) is 4.74 Å². The molecule has 16 heavy (non-hydrogen) atoms. The molecule has 3 nitrogen and oxygen atoms in total. The molecule has 0 heterocycles. The van der Waals surface area contributed by atoms with Crippen molar-refractivity contribution in [3.8, 4) is 5.75 Å². The summed E-state index contributed by atoms with van der Waals surface area (Å²) in [6, 6.07) is 6.33. The Morgan fingerprint density at radius 1 is 1.38 bits per heavy atom. The van der Waals surface area contributed by atoms with E-state index in [1.807, 2.05) is 13.1 Å². The van der Waals surface area contributed by atoms with Crippen molar-refractivity contribution in [3.63, 3.8) is 0 Å². The predicted octanol–water partition coefficient (Wildman–Crippen LogP) is 1.65. The number of hydrogen-bond donors (Lipinski definition) is 1. The Kier molecular flexibility index (Phi) is 5.29. The molecule has 0 aliphatic heterocycles. The van der Waals surface area contributed by atoms with Crippen LogP contribution in [0.5, 0.6) is 5.75 Å². The largest absolute Gasteiger partial charge is 0.496 e. The third kappa shape index (κ3) is 3.83. The first-order valence-corrected chi connectivity index (χ1v) is 5.64. The van der Waals surface area contributed by atoms with Crippen LogP contribution >= 0.6 is 0 Å². The summed E-state index contributed by atoms with van der Waals surface area (Å²) in [4.78, 5) is 2.25. The highest BCUT2D eigenvalue weighted by Crippen LogP contribution is 2.20. The summed E-state index contributed by atoms with van der Waals surface area (Å²) < 4.78 is 5.36. The predicted molar refractivity (Wildman–Crippen MR) is 68.0 cm³/mol. The zero-order chi connectivity index (χ0) is 12.0. The van der Waals surface area contributed by atoms with Gasteiger partial charge in [-0.2, -0.15) is 0 Å². The van der Waals surface area contributed by atoms with Crippen LogP contribution in [0.25, 0.3) is 0 Å². The lowest BCUT2D eigenvalue weighted by molar-refractivity contribution is 0.318. The van der Waals surface area contributed by atoms with Gasteiger partial charge in [0.15, 0.2) is 0 Å². The van der Waals surface area contributed by atoms with Crippen LogP contribution in [0, 0.1) is 6.92 Å². The van der Waals surface area contributed by atoms with Gasteiger partial charge >= 0.3 is 0 Å². The molecule has 0 aliphatic carbocycles. The summed E-state index contributed by atoms with van der Waals surface area (Å²) in [5, 5.41) is 3.14. The Labute approximate surface area is 98.4 Å². The summed E-state index contributed by atoms with van der Waals surface area (Å²) in [5.41, 5.74) is 2.57. The van der Waals surface area contributed by atoms with Crippen molar-refractivity contribution in [1.82, 2.24) is 10.2 Å². The minimum absolute atomic E-state index is 0.911. The quantitative estimate of drug-likeness (QED) is 0.741. The molecule has 90 valence electrons. The Bertz CT molecular complexity index is 326. The maximum absolute atomic E-state index is 5.36. The third-order valence-corrected chi connectivity index (χ3v) is 2.63. The number of benzene rings is 1. The normalized spacial score (nSPS) is 10.8. The highest BCUT2D eigenvalue weighted by Gasteiger charge is 2.04. The molecular formula is C13H22N2O. The summed E-state index contributed by atoms with van der Waals surface area (Å²) >= 11 is 0. The molecule has 0 saturated carbocycles. The van der Waals surface area contributed by atoms with Crippen LogP contribution in [-0.2, 0) is 6.42 Å². The molecule has 1 aromatic carbocycles. The van der Waals surface area contributed by atoms with Crippen LogP contribution in [0.1, 0.15) is 11.1 Å². The van der Waals surface area contributed by atoms with E-state index in [0.717, 1.165) is 25.4 Å². The lowest BCUT2D eigenvalue weighted by Gasteiger charge is -2.17. The van der Waals surface area contributed by atoms with Gasteiger partial charge in [0.2, 0.25) is 0 Å². The minimum atomic E-state index is 0.911. The number of methoxy groups -OCH3 is 1. The van der Waals surface area contributed by atoms with Gasteiger partial charge in [0.05, 0.1) is 7.11 Å². The van der Waals surface area contributed by atoms with E-state index in [-0.39, 0.29) is 0 Å². The second-order valence-corrected chi connectivity index (χ2v) is 4.16. The summed E-state index contributed by atoms with van der Waals surface area (Å²) in [6.45, 7) is 4.05. The standard InChI is InChI=1S/C13H22N2O/c1-11-5-6-13(16-4)12(9-11)7-8-15(3)10-14-2/h5-6,9,14H,7-8,10H2,1-4H3. The summed E-state index contributed by atoms with van der Waals surface area (Å²) in [5.74, 6) is 0.989. The lowest BCUT2D eigenvalue weighted by atomic mass is 10.1. The maximum Gasteiger partial charge on any atom is 0.122 e. The molecular weight excluding hydrogens is 200 g/mol. The highest BCUT2D eigenvalue weighted by molar-refractivity contribution is 5.37. The van der Waals surface area contributed by atoms with Crippen LogP contribution in [0.4, 0.5) is 0 Å². The van der Waals surface area contributed by atoms with Gasteiger partial charge in [0.25, 0.3) is 0 Å². The number of nitrogens with one attached hydrogen (secondary N) is 1. The molecule has 0 spiro atoms. The molecule has 0 fully saturated rings. The van der Waals surface area contributed by atoms with Gasteiger partial charge in [-0.15, -0.1) is 0 Å². The van der Waals surface area contributed by atoms with E-state index in [2.05, 4.69) is 36.3 Å². The van der Waals surface area contributed by atoms with Crippen molar-refractivity contribution in [2.75, 3.05) is 34.4 Å². The fourth-order valence-electron chi connectivity index (χ4n) is 1.76. The SMILES string of the molecule is CNCN(C)CCc1cc(C)ccc1OC. The van der Waals surface area contributed by atoms with Crippen molar-refractivity contribution in [2.45, 2.75) is 13.3 Å². The van der Waals surface area contributed by atoms with Crippen LogP contribution < -0.4 is 10.1 Å². The van der Waals surface area contributed by atoms with Gasteiger partial charge in [-0.3, -0.25) is 4.90 Å². The molecule has 3 heteroatoms. The van der Waals surface area contributed by atoms with Crippen LogP contribution in [0.15, 0.2) is 18.2 Å². The Hall–Kier alpha value is -1.06. The molecule has 0 saturated heterocycles. The first-order chi connectivity index (χ1) is 7.67. The summed E-state index contributed by atoms with van der Waals surface area (Å²) in [7, 11) is 5.80. The number of hydrogen-bond acceptors (Lipinski definition) is 3. The second-order valence-electron chi connectivity index (χ2n) is 4.16. The van der Waals surface area contributed by atoms with E-state index in [0.29, 0.717) is 0 Å². The Morgan fingerprint density at radius 2 is 2.12 bits per heavy atom. The van der Waals surface area contributed by atoms with Crippen molar-refractivity contribution in [1.29, 1.82) is 0 Å². The van der Waals surface area contributed by atoms with Crippen LogP contribution in [-0.4, -0.2) is 39.3 Å². The molecule has 0 aliphatic rings. The zero-order valence-corrected chi connectivity index (χ0v) is 10.7. The van der Waals surface area contributed by atoms with Crippen molar-refractivity contribution >= 4 is 0 Å². The first kappa shape index (κ1) is 13.0. The average Bonchev–Trinajstić information content (AvgIpc) is 2.27. The fourth-order valence-corrected chi connectivity index (χ4v) is 1.76. The van der Waals surface area contributed by atoms with Crippen molar-refractivity contribution < 1.29 is 4.74 Å². The van der Waals surface area contributed by atoms with Crippen LogP contribution in [0.2, 0.25) is 0 Å². The number of aryl methyl sites for hydroxylation is 1. The average molecular weight is 222 g/mol. The van der Waals surface area contributed by atoms with Gasteiger partial charge in [-0.05, 0) is 39.1 Å². The first-order valence-electron chi connectivity index (χ1n) is 5.64. The highest BCUT2D eigenvalue weighted by atomic mass is 16.5. The Balaban J connectivity index is 2.61. The molecule has 1 rings (SSSR count). The zero-order valence-electron chi connectivity index (χ0n) is 10.7. The van der Waals surface area contributed by atoms with Gasteiger partial charge < -0.3 is 10.1 Å². The van der Waals surface area contributed by atoms with E-state index in [9.17, 15) is 0 Å². The monoisotopic (exact) mass is 222 g/mol. The molecule has 0 aromatic heterocycles. The van der Waals surface area contributed by atoms with Gasteiger partial charge in [-0.1, -0.05) is 17.7 Å². The lowest BCUT2D eigenvalue weighted by Crippen LogP contribution is -2.30. The fraction of sp³-hybridized carbons (Fsp3) is 0.538. The number of nitrogens with zero attached hydrogens (tertiary/aromatic N) is 1.